The maximum atomic E-state index is 12.6. The number of carbonyl (C=O) groups is 1. The molecule has 1 aliphatic heterocycles. The van der Waals surface area contributed by atoms with E-state index in [1.165, 1.54) is 12.4 Å². The molecule has 9 nitrogen and oxygen atoms in total. The van der Waals surface area contributed by atoms with Crippen LogP contribution >= 0.6 is 0 Å². The van der Waals surface area contributed by atoms with E-state index in [1.807, 2.05) is 30.9 Å². The van der Waals surface area contributed by atoms with Crippen molar-refractivity contribution in [1.29, 1.82) is 0 Å². The second-order valence-corrected chi connectivity index (χ2v) is 8.63. The summed E-state index contributed by atoms with van der Waals surface area (Å²) in [6.07, 6.45) is 4.02. The Morgan fingerprint density at radius 2 is 1.61 bits per heavy atom. The maximum Gasteiger partial charge on any atom is 0.321 e. The zero-order valence-electron chi connectivity index (χ0n) is 16.1. The van der Waals surface area contributed by atoms with Crippen LogP contribution in [0.4, 0.5) is 22.1 Å². The Bertz CT molecular complexity index is 951. The summed E-state index contributed by atoms with van der Waals surface area (Å²) in [6, 6.07) is 5.77. The number of hydrogen-bond donors (Lipinski definition) is 2. The number of aryl methyl sites for hydroxylation is 2. The fourth-order valence-electron chi connectivity index (χ4n) is 3.18. The van der Waals surface area contributed by atoms with Crippen molar-refractivity contribution in [1.82, 2.24) is 14.9 Å². The minimum absolute atomic E-state index is 0.154. The molecule has 0 bridgehead atoms. The highest BCUT2D eigenvalue weighted by Crippen LogP contribution is 2.22. The SMILES string of the molecule is Cc1cc(C)cc(NC(=O)N2CCN(c3nccnc3NS(C)(=O)=O)CC2)c1. The average Bonchev–Trinajstić information content (AvgIpc) is 2.60. The zero-order valence-corrected chi connectivity index (χ0v) is 17.0. The van der Waals surface area contributed by atoms with Crippen LogP contribution in [0.2, 0.25) is 0 Å². The molecule has 10 heteroatoms. The molecule has 1 fully saturated rings. The summed E-state index contributed by atoms with van der Waals surface area (Å²) in [4.78, 5) is 24.6. The Morgan fingerprint density at radius 1 is 1.00 bits per heavy atom. The van der Waals surface area contributed by atoms with Gasteiger partial charge in [-0.1, -0.05) is 6.07 Å². The van der Waals surface area contributed by atoms with Crippen LogP contribution in [0.5, 0.6) is 0 Å². The van der Waals surface area contributed by atoms with Crippen LogP contribution in [0.15, 0.2) is 30.6 Å². The lowest BCUT2D eigenvalue weighted by molar-refractivity contribution is 0.208. The molecule has 0 atom stereocenters. The summed E-state index contributed by atoms with van der Waals surface area (Å²) in [5.74, 6) is 0.653. The molecule has 28 heavy (non-hydrogen) atoms. The van der Waals surface area contributed by atoms with Crippen LogP contribution < -0.4 is 14.9 Å². The lowest BCUT2D eigenvalue weighted by Gasteiger charge is -2.35. The third-order valence-corrected chi connectivity index (χ3v) is 4.86. The highest BCUT2D eigenvalue weighted by atomic mass is 32.2. The lowest BCUT2D eigenvalue weighted by atomic mass is 10.1. The Balaban J connectivity index is 1.64. The minimum atomic E-state index is -3.46. The molecule has 2 amide bonds. The molecule has 1 saturated heterocycles. The van der Waals surface area contributed by atoms with Gasteiger partial charge >= 0.3 is 6.03 Å². The van der Waals surface area contributed by atoms with Gasteiger partial charge in [0.25, 0.3) is 0 Å². The Hall–Kier alpha value is -2.88. The van der Waals surface area contributed by atoms with Gasteiger partial charge in [0.1, 0.15) is 0 Å². The van der Waals surface area contributed by atoms with E-state index in [2.05, 4.69) is 26.1 Å². The van der Waals surface area contributed by atoms with E-state index >= 15 is 0 Å². The van der Waals surface area contributed by atoms with Crippen molar-refractivity contribution < 1.29 is 13.2 Å². The molecule has 2 heterocycles. The van der Waals surface area contributed by atoms with Crippen molar-refractivity contribution >= 4 is 33.4 Å². The molecule has 0 spiro atoms. The number of amides is 2. The van der Waals surface area contributed by atoms with Gasteiger partial charge in [0.05, 0.1) is 6.26 Å². The van der Waals surface area contributed by atoms with Crippen molar-refractivity contribution in [2.24, 2.45) is 0 Å². The number of carbonyl (C=O) groups excluding carboxylic acids is 1. The predicted octanol–water partition coefficient (Wildman–Crippen LogP) is 1.82. The highest BCUT2D eigenvalue weighted by molar-refractivity contribution is 7.92. The second-order valence-electron chi connectivity index (χ2n) is 6.88. The second kappa shape index (κ2) is 8.01. The third kappa shape index (κ3) is 5.10. The molecule has 150 valence electrons. The van der Waals surface area contributed by atoms with Gasteiger partial charge in [-0.2, -0.15) is 0 Å². The molecule has 2 N–H and O–H groups in total. The maximum absolute atomic E-state index is 12.6. The van der Waals surface area contributed by atoms with Crippen LogP contribution in [0, 0.1) is 13.8 Å². The quantitative estimate of drug-likeness (QED) is 0.805. The standard InChI is InChI=1S/C18H24N6O3S/c1-13-10-14(2)12-15(11-13)21-18(25)24-8-6-23(7-9-24)17-16(19-4-5-20-17)22-28(3,26)27/h4-5,10-12H,6-9H2,1-3H3,(H,19,22)(H,21,25). The number of sulfonamides is 1. The van der Waals surface area contributed by atoms with E-state index in [0.717, 1.165) is 23.1 Å². The first-order valence-corrected chi connectivity index (χ1v) is 10.8. The van der Waals surface area contributed by atoms with Gasteiger partial charge < -0.3 is 15.1 Å². The van der Waals surface area contributed by atoms with Crippen molar-refractivity contribution in [3.05, 3.63) is 41.7 Å². The van der Waals surface area contributed by atoms with Gasteiger partial charge in [0, 0.05) is 44.3 Å². The minimum Gasteiger partial charge on any atom is -0.350 e. The van der Waals surface area contributed by atoms with E-state index in [0.29, 0.717) is 32.0 Å². The predicted molar refractivity (Wildman–Crippen MR) is 109 cm³/mol. The van der Waals surface area contributed by atoms with Crippen LogP contribution in [-0.4, -0.2) is 61.8 Å². The molecule has 0 radical (unpaired) electrons. The monoisotopic (exact) mass is 404 g/mol. The first-order chi connectivity index (χ1) is 13.2. The number of anilines is 3. The van der Waals surface area contributed by atoms with E-state index in [1.54, 1.807) is 4.90 Å². The Labute approximate surface area is 164 Å². The van der Waals surface area contributed by atoms with Gasteiger partial charge in [-0.3, -0.25) is 4.72 Å². The van der Waals surface area contributed by atoms with Gasteiger partial charge in [0.15, 0.2) is 11.6 Å². The van der Waals surface area contributed by atoms with E-state index in [-0.39, 0.29) is 11.8 Å². The number of nitrogens with one attached hydrogen (secondary N) is 2. The Kier molecular flexibility index (Phi) is 5.68. The molecular weight excluding hydrogens is 380 g/mol. The summed E-state index contributed by atoms with van der Waals surface area (Å²) < 4.78 is 25.5. The van der Waals surface area contributed by atoms with Crippen molar-refractivity contribution in [3.63, 3.8) is 0 Å². The average molecular weight is 404 g/mol. The van der Waals surface area contributed by atoms with E-state index in [9.17, 15) is 13.2 Å². The van der Waals surface area contributed by atoms with Gasteiger partial charge in [0.2, 0.25) is 10.0 Å². The first-order valence-electron chi connectivity index (χ1n) is 8.89. The topological polar surface area (TPSA) is 108 Å². The fraction of sp³-hybridized carbons (Fsp3) is 0.389. The number of nitrogens with zero attached hydrogens (tertiary/aromatic N) is 4. The molecule has 1 aliphatic rings. The summed E-state index contributed by atoms with van der Waals surface area (Å²) in [6.45, 7) is 6.01. The Morgan fingerprint density at radius 3 is 2.21 bits per heavy atom. The molecule has 2 aromatic rings. The summed E-state index contributed by atoms with van der Waals surface area (Å²) in [7, 11) is -3.46. The van der Waals surface area contributed by atoms with Crippen molar-refractivity contribution in [2.45, 2.75) is 13.8 Å². The van der Waals surface area contributed by atoms with Gasteiger partial charge in [-0.05, 0) is 37.1 Å². The molecule has 0 aliphatic carbocycles. The fourth-order valence-corrected chi connectivity index (χ4v) is 3.68. The highest BCUT2D eigenvalue weighted by Gasteiger charge is 2.24. The molecule has 3 rings (SSSR count). The van der Waals surface area contributed by atoms with E-state index in [4.69, 9.17) is 0 Å². The van der Waals surface area contributed by atoms with Gasteiger partial charge in [-0.15, -0.1) is 0 Å². The molecule has 1 aromatic carbocycles. The number of urea groups is 1. The normalized spacial score (nSPS) is 14.7. The number of aromatic nitrogens is 2. The smallest absolute Gasteiger partial charge is 0.321 e. The van der Waals surface area contributed by atoms with Gasteiger partial charge in [-0.25, -0.2) is 23.2 Å². The number of benzene rings is 1. The van der Waals surface area contributed by atoms with Crippen LogP contribution in [-0.2, 0) is 10.0 Å². The third-order valence-electron chi connectivity index (χ3n) is 4.30. The summed E-state index contributed by atoms with van der Waals surface area (Å²) in [5.41, 5.74) is 2.96. The summed E-state index contributed by atoms with van der Waals surface area (Å²) in [5, 5.41) is 2.94. The zero-order chi connectivity index (χ0) is 20.3. The van der Waals surface area contributed by atoms with Crippen molar-refractivity contribution in [3.8, 4) is 0 Å². The number of hydrogen-bond acceptors (Lipinski definition) is 6. The molecule has 1 aromatic heterocycles. The number of rotatable bonds is 4. The summed E-state index contributed by atoms with van der Waals surface area (Å²) >= 11 is 0. The van der Waals surface area contributed by atoms with Crippen LogP contribution in [0.1, 0.15) is 11.1 Å². The molecule has 0 saturated carbocycles. The number of piperazine rings is 1. The molecule has 0 unspecified atom stereocenters. The largest absolute Gasteiger partial charge is 0.350 e. The first kappa shape index (κ1) is 19.9. The van der Waals surface area contributed by atoms with Crippen molar-refractivity contribution in [2.75, 3.05) is 47.4 Å². The van der Waals surface area contributed by atoms with Crippen LogP contribution in [0.25, 0.3) is 0 Å². The van der Waals surface area contributed by atoms with E-state index < -0.39 is 10.0 Å². The lowest BCUT2D eigenvalue weighted by Crippen LogP contribution is -2.50. The molecular formula is C18H24N6O3S. The van der Waals surface area contributed by atoms with Crippen LogP contribution in [0.3, 0.4) is 0 Å².